The van der Waals surface area contributed by atoms with Gasteiger partial charge in [-0.25, -0.2) is 0 Å². The van der Waals surface area contributed by atoms with E-state index in [0.29, 0.717) is 12.0 Å². The molecule has 3 rings (SSSR count). The molecule has 0 aliphatic carbocycles. The number of hydrogen-bond donors (Lipinski definition) is 1. The third-order valence-electron chi connectivity index (χ3n) is 4.62. The molecule has 0 bridgehead atoms. The van der Waals surface area contributed by atoms with Crippen LogP contribution in [-0.2, 0) is 0 Å². The van der Waals surface area contributed by atoms with Gasteiger partial charge in [-0.15, -0.1) is 5.10 Å². The quantitative estimate of drug-likeness (QED) is 0.862. The molecule has 22 heavy (non-hydrogen) atoms. The molecule has 3 heterocycles. The van der Waals surface area contributed by atoms with E-state index in [1.807, 2.05) is 14.0 Å². The predicted molar refractivity (Wildman–Crippen MR) is 91.0 cm³/mol. The first-order chi connectivity index (χ1) is 10.4. The van der Waals surface area contributed by atoms with E-state index < -0.39 is 0 Å². The highest BCUT2D eigenvalue weighted by atomic mass is 32.2. The van der Waals surface area contributed by atoms with Gasteiger partial charge in [0.15, 0.2) is 0 Å². The van der Waals surface area contributed by atoms with E-state index in [1.54, 1.807) is 11.8 Å². The first-order valence-electron chi connectivity index (χ1n) is 7.69. The maximum absolute atomic E-state index is 6.53. The highest BCUT2D eigenvalue weighted by Crippen LogP contribution is 2.42. The normalized spacial score (nSPS) is 28.4. The summed E-state index contributed by atoms with van der Waals surface area (Å²) in [6, 6.07) is 0.471. The van der Waals surface area contributed by atoms with E-state index in [4.69, 9.17) is 5.73 Å². The summed E-state index contributed by atoms with van der Waals surface area (Å²) in [7, 11) is 1.82. The van der Waals surface area contributed by atoms with Crippen LogP contribution in [0.15, 0.2) is 20.7 Å². The van der Waals surface area contributed by atoms with Crippen molar-refractivity contribution in [2.45, 2.75) is 45.2 Å². The van der Waals surface area contributed by atoms with E-state index in [0.717, 1.165) is 44.8 Å². The van der Waals surface area contributed by atoms with Crippen LogP contribution in [-0.4, -0.2) is 40.4 Å². The zero-order chi connectivity index (χ0) is 16.0. The van der Waals surface area contributed by atoms with Gasteiger partial charge >= 0.3 is 0 Å². The van der Waals surface area contributed by atoms with E-state index >= 15 is 0 Å². The minimum atomic E-state index is 0.471. The van der Waals surface area contributed by atoms with Gasteiger partial charge in [-0.3, -0.25) is 4.99 Å². The zero-order valence-electron chi connectivity index (χ0n) is 13.8. The fourth-order valence-corrected chi connectivity index (χ4v) is 4.49. The minimum absolute atomic E-state index is 0.471. The predicted octanol–water partition coefficient (Wildman–Crippen LogP) is 2.48. The van der Waals surface area contributed by atoms with E-state index in [9.17, 15) is 0 Å². The van der Waals surface area contributed by atoms with Gasteiger partial charge < -0.3 is 10.6 Å². The largest absolute Gasteiger partial charge is 0.384 e. The molecule has 0 unspecified atom stereocenters. The number of nitrogens with two attached hydrogens (primary N) is 1. The molecule has 2 atom stereocenters. The van der Waals surface area contributed by atoms with Crippen LogP contribution in [0.3, 0.4) is 0 Å². The zero-order valence-corrected chi connectivity index (χ0v) is 14.7. The Kier molecular flexibility index (Phi) is 3.89. The molecular weight excluding hydrogens is 294 g/mol. The van der Waals surface area contributed by atoms with Crippen molar-refractivity contribution in [2.24, 2.45) is 16.6 Å². The molecule has 0 radical (unpaired) electrons. The molecule has 1 aromatic rings. The molecule has 0 aromatic carbocycles. The Morgan fingerprint density at radius 3 is 2.64 bits per heavy atom. The number of allylic oxidation sites excluding steroid dienone is 1. The van der Waals surface area contributed by atoms with E-state index in [2.05, 4.69) is 40.9 Å². The van der Waals surface area contributed by atoms with Gasteiger partial charge in [0.05, 0.1) is 16.3 Å². The van der Waals surface area contributed by atoms with Crippen molar-refractivity contribution in [2.75, 3.05) is 13.6 Å². The van der Waals surface area contributed by atoms with Crippen LogP contribution in [0, 0.1) is 19.8 Å². The number of aryl methyl sites for hydroxylation is 1. The average molecular weight is 317 g/mol. The maximum Gasteiger partial charge on any atom is 0.133 e. The van der Waals surface area contributed by atoms with Gasteiger partial charge in [-0.1, -0.05) is 18.7 Å². The van der Waals surface area contributed by atoms with Crippen molar-refractivity contribution in [3.63, 3.8) is 0 Å². The number of aliphatic imine (C=N–C) groups is 1. The van der Waals surface area contributed by atoms with Gasteiger partial charge in [-0.05, 0) is 38.7 Å². The lowest BCUT2D eigenvalue weighted by Crippen LogP contribution is -2.32. The Morgan fingerprint density at radius 2 is 2.05 bits per heavy atom. The van der Waals surface area contributed by atoms with E-state index in [-0.39, 0.29) is 0 Å². The maximum atomic E-state index is 6.53. The number of aromatic nitrogens is 2. The van der Waals surface area contributed by atoms with Gasteiger partial charge in [-0.2, -0.15) is 5.10 Å². The summed E-state index contributed by atoms with van der Waals surface area (Å²) in [6.07, 6.45) is 1.18. The molecule has 1 fully saturated rings. The molecule has 6 heteroatoms. The van der Waals surface area contributed by atoms with Crippen LogP contribution in [0.5, 0.6) is 0 Å². The second kappa shape index (κ2) is 5.57. The second-order valence-corrected chi connectivity index (χ2v) is 7.32. The summed E-state index contributed by atoms with van der Waals surface area (Å²) in [6.45, 7) is 9.58. The smallest absolute Gasteiger partial charge is 0.133 e. The summed E-state index contributed by atoms with van der Waals surface area (Å²) >= 11 is 1.60. The van der Waals surface area contributed by atoms with Gasteiger partial charge in [0.25, 0.3) is 0 Å². The topological polar surface area (TPSA) is 67.4 Å². The summed E-state index contributed by atoms with van der Waals surface area (Å²) in [5.74, 6) is 1.51. The van der Waals surface area contributed by atoms with Crippen molar-refractivity contribution in [1.29, 1.82) is 0 Å². The number of likely N-dealkylation sites (tertiary alicyclic amines) is 1. The first kappa shape index (κ1) is 15.3. The molecular formula is C16H23N5S. The molecule has 2 aliphatic heterocycles. The van der Waals surface area contributed by atoms with Crippen molar-refractivity contribution in [1.82, 2.24) is 15.1 Å². The van der Waals surface area contributed by atoms with Crippen LogP contribution in [0.1, 0.15) is 37.1 Å². The fraction of sp³-hybridized carbons (Fsp3) is 0.562. The summed E-state index contributed by atoms with van der Waals surface area (Å²) < 4.78 is 0. The van der Waals surface area contributed by atoms with Gasteiger partial charge in [0.1, 0.15) is 10.8 Å². The van der Waals surface area contributed by atoms with Crippen LogP contribution >= 0.6 is 11.8 Å². The molecule has 0 saturated carbocycles. The highest BCUT2D eigenvalue weighted by molar-refractivity contribution is 8.04. The van der Waals surface area contributed by atoms with Gasteiger partial charge in [0, 0.05) is 25.2 Å². The number of hydrogen-bond acceptors (Lipinski definition) is 6. The van der Waals surface area contributed by atoms with Crippen molar-refractivity contribution < 1.29 is 0 Å². The molecule has 5 nitrogen and oxygen atoms in total. The Labute approximate surface area is 136 Å². The Hall–Kier alpha value is -1.56. The molecule has 2 aliphatic rings. The first-order valence-corrected chi connectivity index (χ1v) is 8.51. The lowest BCUT2D eigenvalue weighted by molar-refractivity contribution is 0.332. The summed E-state index contributed by atoms with van der Waals surface area (Å²) in [5.41, 5.74) is 10.7. The molecule has 118 valence electrons. The number of nitrogens with zero attached hydrogens (tertiary/aromatic N) is 4. The molecule has 2 N–H and O–H groups in total. The highest BCUT2D eigenvalue weighted by Gasteiger charge is 2.34. The van der Waals surface area contributed by atoms with Crippen LogP contribution in [0.4, 0.5) is 0 Å². The van der Waals surface area contributed by atoms with Gasteiger partial charge in [0.2, 0.25) is 0 Å². The lowest BCUT2D eigenvalue weighted by Gasteiger charge is -2.25. The average Bonchev–Trinajstić information content (AvgIpc) is 3.02. The lowest BCUT2D eigenvalue weighted by atomic mass is 10.1. The minimum Gasteiger partial charge on any atom is -0.384 e. The van der Waals surface area contributed by atoms with Crippen LogP contribution in [0.2, 0.25) is 0 Å². The number of thioether (sulfide) groups is 1. The van der Waals surface area contributed by atoms with Crippen LogP contribution in [0.25, 0.3) is 0 Å². The number of rotatable bonds is 1. The molecule has 0 spiro atoms. The number of fused-ring (bicyclic) bond motifs is 1. The fourth-order valence-electron chi connectivity index (χ4n) is 3.35. The monoisotopic (exact) mass is 317 g/mol. The Morgan fingerprint density at radius 1 is 1.32 bits per heavy atom. The van der Waals surface area contributed by atoms with Crippen molar-refractivity contribution >= 4 is 17.5 Å². The van der Waals surface area contributed by atoms with Crippen molar-refractivity contribution in [3.05, 3.63) is 27.5 Å². The third kappa shape index (κ3) is 2.29. The Balaban J connectivity index is 2.07. The SMILES string of the molecule is C/N=C1\C(=C(/N)N2C[C@@H](C)C[C@H]2C)Sc2nnc(C)c(C)c21. The summed E-state index contributed by atoms with van der Waals surface area (Å²) in [4.78, 5) is 7.85. The standard InChI is InChI=1S/C16H23N5S/c1-8-6-9(2)21(7-8)15(17)14-13(18-5)12-10(3)11(4)19-20-16(12)22-14/h8-9H,6-7,17H2,1-5H3/b15-14-,18-13-/t8-,9+/m0/s1. The molecule has 1 saturated heterocycles. The molecule has 0 amide bonds. The molecule has 1 aromatic heterocycles. The second-order valence-electron chi connectivity index (χ2n) is 6.32. The third-order valence-corrected chi connectivity index (χ3v) is 5.71. The Bertz CT molecular complexity index is 679. The van der Waals surface area contributed by atoms with Crippen molar-refractivity contribution in [3.8, 4) is 0 Å². The summed E-state index contributed by atoms with van der Waals surface area (Å²) in [5, 5.41) is 9.49. The van der Waals surface area contributed by atoms with E-state index in [1.165, 1.54) is 6.42 Å². The van der Waals surface area contributed by atoms with Crippen LogP contribution < -0.4 is 5.73 Å².